The Balaban J connectivity index is 1.75. The second kappa shape index (κ2) is 6.70. The number of thiophene rings is 1. The van der Waals surface area contributed by atoms with Gasteiger partial charge in [0.2, 0.25) is 0 Å². The maximum absolute atomic E-state index is 12.9. The molecule has 27 heavy (non-hydrogen) atoms. The molecule has 0 atom stereocenters. The molecule has 0 radical (unpaired) electrons. The minimum atomic E-state index is -0.299. The molecule has 0 saturated heterocycles. The van der Waals surface area contributed by atoms with Crippen LogP contribution in [-0.4, -0.2) is 29.7 Å². The summed E-state index contributed by atoms with van der Waals surface area (Å²) in [5, 5.41) is 3.40. The van der Waals surface area contributed by atoms with Crippen LogP contribution in [0.15, 0.2) is 23.0 Å². The van der Waals surface area contributed by atoms with E-state index >= 15 is 0 Å². The van der Waals surface area contributed by atoms with Crippen molar-refractivity contribution in [2.24, 2.45) is 0 Å². The van der Waals surface area contributed by atoms with Crippen molar-refractivity contribution >= 4 is 33.1 Å². The molecule has 3 aromatic rings. The highest BCUT2D eigenvalue weighted by molar-refractivity contribution is 7.20. The first-order valence-electron chi connectivity index (χ1n) is 8.59. The number of fused-ring (bicyclic) bond motifs is 2. The molecular weight excluding hydrogens is 366 g/mol. The molecule has 1 aliphatic heterocycles. The first-order chi connectivity index (χ1) is 13.0. The Hall–Kier alpha value is -2.87. The van der Waals surface area contributed by atoms with Crippen LogP contribution in [0.4, 0.5) is 5.69 Å². The first kappa shape index (κ1) is 17.5. The third-order valence-electron chi connectivity index (χ3n) is 4.77. The van der Waals surface area contributed by atoms with Gasteiger partial charge in [0.1, 0.15) is 22.2 Å². The summed E-state index contributed by atoms with van der Waals surface area (Å²) in [6, 6.07) is 5.18. The second-order valence-electron chi connectivity index (χ2n) is 6.35. The van der Waals surface area contributed by atoms with Crippen LogP contribution in [0, 0.1) is 6.92 Å². The van der Waals surface area contributed by atoms with Crippen LogP contribution in [0.2, 0.25) is 0 Å². The highest BCUT2D eigenvalue weighted by atomic mass is 32.1. The number of anilines is 1. The number of hydrogen-bond donors (Lipinski definition) is 1. The van der Waals surface area contributed by atoms with E-state index in [1.165, 1.54) is 18.4 Å². The molecule has 4 rings (SSSR count). The van der Waals surface area contributed by atoms with E-state index in [1.807, 2.05) is 0 Å². The van der Waals surface area contributed by atoms with E-state index in [4.69, 9.17) is 9.47 Å². The van der Waals surface area contributed by atoms with E-state index < -0.39 is 0 Å². The van der Waals surface area contributed by atoms with E-state index in [1.54, 1.807) is 36.8 Å². The van der Waals surface area contributed by atoms with Crippen molar-refractivity contribution in [2.45, 2.75) is 26.3 Å². The average molecular weight is 385 g/mol. The predicted molar refractivity (Wildman–Crippen MR) is 104 cm³/mol. The number of ether oxygens (including phenoxy) is 2. The summed E-state index contributed by atoms with van der Waals surface area (Å²) in [7, 11) is 3.09. The molecule has 0 spiro atoms. The number of hydrogen-bond acceptors (Lipinski definition) is 6. The lowest BCUT2D eigenvalue weighted by molar-refractivity contribution is 0.102. The molecule has 2 aromatic heterocycles. The Morgan fingerprint density at radius 2 is 2.11 bits per heavy atom. The normalized spacial score (nSPS) is 12.9. The van der Waals surface area contributed by atoms with E-state index in [-0.39, 0.29) is 11.5 Å². The largest absolute Gasteiger partial charge is 0.497 e. The number of methoxy groups -OCH3 is 2. The summed E-state index contributed by atoms with van der Waals surface area (Å²) in [5.41, 5.74) is 1.11. The van der Waals surface area contributed by atoms with E-state index in [0.29, 0.717) is 44.4 Å². The van der Waals surface area contributed by atoms with Crippen LogP contribution in [0.1, 0.15) is 27.5 Å². The Morgan fingerprint density at radius 3 is 2.85 bits per heavy atom. The van der Waals surface area contributed by atoms with Crippen LogP contribution < -0.4 is 20.3 Å². The average Bonchev–Trinajstić information content (AvgIpc) is 3.26. The summed E-state index contributed by atoms with van der Waals surface area (Å²) in [4.78, 5) is 31.4. The number of aryl methyl sites for hydroxylation is 2. The molecule has 1 N–H and O–H groups in total. The minimum Gasteiger partial charge on any atom is -0.497 e. The topological polar surface area (TPSA) is 82.4 Å². The molecule has 0 aliphatic carbocycles. The Kier molecular flexibility index (Phi) is 4.35. The monoisotopic (exact) mass is 385 g/mol. The van der Waals surface area contributed by atoms with Crippen molar-refractivity contribution in [2.75, 3.05) is 19.5 Å². The van der Waals surface area contributed by atoms with Gasteiger partial charge in [-0.3, -0.25) is 14.2 Å². The van der Waals surface area contributed by atoms with Crippen molar-refractivity contribution in [1.82, 2.24) is 9.55 Å². The van der Waals surface area contributed by atoms with Crippen LogP contribution >= 0.6 is 11.3 Å². The fraction of sp³-hybridized carbons (Fsp3) is 0.316. The molecular formula is C19H19N3O4S. The molecule has 8 heteroatoms. The number of amides is 1. The van der Waals surface area contributed by atoms with E-state index in [2.05, 4.69) is 10.3 Å². The summed E-state index contributed by atoms with van der Waals surface area (Å²) in [6.45, 7) is 2.48. The maximum Gasteiger partial charge on any atom is 0.266 e. The standard InChI is InChI=1S/C19H19N3O4S/c1-10-15-18(21-14-5-4-8-22(14)19(15)24)27-16(10)17(23)20-12-9-11(25-2)6-7-13(12)26-3/h6-7,9H,4-5,8H2,1-3H3,(H,20,23). The van der Waals surface area contributed by atoms with Crippen LogP contribution in [-0.2, 0) is 13.0 Å². The zero-order chi connectivity index (χ0) is 19.1. The number of rotatable bonds is 4. The number of nitrogens with zero attached hydrogens (tertiary/aromatic N) is 2. The summed E-state index contributed by atoms with van der Waals surface area (Å²) in [5.74, 6) is 1.64. The third kappa shape index (κ3) is 2.86. The minimum absolute atomic E-state index is 0.0562. The molecule has 0 fully saturated rings. The molecule has 1 aromatic carbocycles. The van der Waals surface area contributed by atoms with Gasteiger partial charge in [0, 0.05) is 19.0 Å². The van der Waals surface area contributed by atoms with Crippen LogP contribution in [0.25, 0.3) is 10.2 Å². The van der Waals surface area contributed by atoms with Gasteiger partial charge in [-0.15, -0.1) is 11.3 Å². The predicted octanol–water partition coefficient (Wildman–Crippen LogP) is 2.98. The van der Waals surface area contributed by atoms with Crippen molar-refractivity contribution in [3.63, 3.8) is 0 Å². The van der Waals surface area contributed by atoms with Gasteiger partial charge >= 0.3 is 0 Å². The zero-order valence-corrected chi connectivity index (χ0v) is 16.1. The van der Waals surface area contributed by atoms with Gasteiger partial charge in [-0.1, -0.05) is 0 Å². The fourth-order valence-electron chi connectivity index (χ4n) is 3.38. The van der Waals surface area contributed by atoms with Crippen molar-refractivity contribution in [1.29, 1.82) is 0 Å². The second-order valence-corrected chi connectivity index (χ2v) is 7.34. The molecule has 3 heterocycles. The van der Waals surface area contributed by atoms with Gasteiger partial charge in [-0.25, -0.2) is 4.98 Å². The third-order valence-corrected chi connectivity index (χ3v) is 5.96. The van der Waals surface area contributed by atoms with Crippen molar-refractivity contribution < 1.29 is 14.3 Å². The van der Waals surface area contributed by atoms with Gasteiger partial charge in [-0.05, 0) is 31.0 Å². The quantitative estimate of drug-likeness (QED) is 0.747. The number of carbonyl (C=O) groups is 1. The van der Waals surface area contributed by atoms with Gasteiger partial charge in [0.15, 0.2) is 0 Å². The molecule has 0 unspecified atom stereocenters. The van der Waals surface area contributed by atoms with Gasteiger partial charge in [-0.2, -0.15) is 0 Å². The molecule has 0 saturated carbocycles. The molecule has 1 aliphatic rings. The summed E-state index contributed by atoms with van der Waals surface area (Å²) < 4.78 is 12.2. The fourth-order valence-corrected chi connectivity index (χ4v) is 4.47. The van der Waals surface area contributed by atoms with E-state index in [9.17, 15) is 9.59 Å². The lowest BCUT2D eigenvalue weighted by Gasteiger charge is -2.11. The summed E-state index contributed by atoms with van der Waals surface area (Å²) >= 11 is 1.25. The first-order valence-corrected chi connectivity index (χ1v) is 9.41. The highest BCUT2D eigenvalue weighted by Crippen LogP contribution is 2.32. The molecule has 7 nitrogen and oxygen atoms in total. The van der Waals surface area contributed by atoms with Gasteiger partial charge in [0.25, 0.3) is 11.5 Å². The maximum atomic E-state index is 12.9. The van der Waals surface area contributed by atoms with Crippen LogP contribution in [0.5, 0.6) is 11.5 Å². The van der Waals surface area contributed by atoms with Crippen LogP contribution in [0.3, 0.4) is 0 Å². The van der Waals surface area contributed by atoms with Crippen molar-refractivity contribution in [3.8, 4) is 11.5 Å². The van der Waals surface area contributed by atoms with E-state index in [0.717, 1.165) is 18.7 Å². The molecule has 0 bridgehead atoms. The SMILES string of the molecule is COc1ccc(OC)c(NC(=O)c2sc3nc4n(c(=O)c3c2C)CCC4)c1. The highest BCUT2D eigenvalue weighted by Gasteiger charge is 2.23. The Labute approximate surface area is 159 Å². The summed E-state index contributed by atoms with van der Waals surface area (Å²) in [6.07, 6.45) is 1.73. The lowest BCUT2D eigenvalue weighted by Crippen LogP contribution is -2.20. The number of aromatic nitrogens is 2. The van der Waals surface area contributed by atoms with Gasteiger partial charge in [0.05, 0.1) is 30.2 Å². The number of nitrogens with one attached hydrogen (secondary N) is 1. The molecule has 140 valence electrons. The molecule has 1 amide bonds. The Morgan fingerprint density at radius 1 is 1.30 bits per heavy atom. The number of carbonyl (C=O) groups excluding carboxylic acids is 1. The number of benzene rings is 1. The lowest BCUT2D eigenvalue weighted by atomic mass is 10.2. The van der Waals surface area contributed by atoms with Gasteiger partial charge < -0.3 is 14.8 Å². The van der Waals surface area contributed by atoms with Crippen molar-refractivity contribution in [3.05, 3.63) is 44.8 Å². The Bertz CT molecular complexity index is 1120. The smallest absolute Gasteiger partial charge is 0.266 e. The zero-order valence-electron chi connectivity index (χ0n) is 15.3.